The Bertz CT molecular complexity index is 895. The van der Waals surface area contributed by atoms with Gasteiger partial charge in [0.05, 0.1) is 18.1 Å². The minimum Gasteiger partial charge on any atom is -0.487 e. The van der Waals surface area contributed by atoms with E-state index in [2.05, 4.69) is 21.5 Å². The quantitative estimate of drug-likeness (QED) is 0.316. The summed E-state index contributed by atoms with van der Waals surface area (Å²) in [6.45, 7) is 5.77. The zero-order valence-corrected chi connectivity index (χ0v) is 18.3. The molecule has 2 rings (SSSR count). The Balaban J connectivity index is 1.76. The molecule has 2 atom stereocenters. The fourth-order valence-corrected chi connectivity index (χ4v) is 2.90. The van der Waals surface area contributed by atoms with Gasteiger partial charge in [-0.2, -0.15) is 5.26 Å². The number of rotatable bonds is 12. The molecule has 0 fully saturated rings. The molecule has 1 aliphatic heterocycles. The molecule has 0 aromatic heterocycles. The van der Waals surface area contributed by atoms with E-state index in [9.17, 15) is 20.0 Å². The van der Waals surface area contributed by atoms with Gasteiger partial charge in [0.1, 0.15) is 25.4 Å². The second-order valence-corrected chi connectivity index (χ2v) is 8.09. The Kier molecular flexibility index (Phi) is 8.80. The molecule has 0 aliphatic carbocycles. The number of aliphatic hydroxyl groups is 1. The third kappa shape index (κ3) is 8.05. The first-order chi connectivity index (χ1) is 15.1. The number of nitriles is 1. The fourth-order valence-electron chi connectivity index (χ4n) is 2.90. The maximum absolute atomic E-state index is 11.9. The number of aliphatic hydroxyl groups excluding tert-OH is 1. The Labute approximate surface area is 186 Å². The molecule has 32 heavy (non-hydrogen) atoms. The summed E-state index contributed by atoms with van der Waals surface area (Å²) in [6, 6.07) is 7.39. The molecular formula is C21H28N4O7. The van der Waals surface area contributed by atoms with Crippen LogP contribution in [-0.2, 0) is 9.63 Å². The van der Waals surface area contributed by atoms with Crippen molar-refractivity contribution in [1.29, 1.82) is 5.26 Å². The van der Waals surface area contributed by atoms with Gasteiger partial charge in [-0.15, -0.1) is 10.1 Å². The van der Waals surface area contributed by atoms with Gasteiger partial charge in [0, 0.05) is 24.2 Å². The zero-order valence-electron chi connectivity index (χ0n) is 18.3. The average molecular weight is 448 g/mol. The normalized spacial score (nSPS) is 14.7. The maximum atomic E-state index is 11.9. The summed E-state index contributed by atoms with van der Waals surface area (Å²) < 4.78 is 11.3. The summed E-state index contributed by atoms with van der Waals surface area (Å²) in [7, 11) is 0. The number of β-amino-alcohol motifs (C(OH)–C–C–N with tert-alkyl or cyclic N) is 1. The van der Waals surface area contributed by atoms with E-state index in [1.807, 2.05) is 19.9 Å². The van der Waals surface area contributed by atoms with Crippen molar-refractivity contribution in [2.75, 3.05) is 26.3 Å². The molecule has 0 saturated carbocycles. The highest BCUT2D eigenvalue weighted by atomic mass is 17.0. The third-order valence-corrected chi connectivity index (χ3v) is 4.57. The van der Waals surface area contributed by atoms with Crippen LogP contribution in [0.5, 0.6) is 11.5 Å². The molecule has 1 amide bonds. The predicted octanol–water partition coefficient (Wildman–Crippen LogP) is 1.20. The number of amides is 1. The maximum Gasteiger partial charge on any atom is 0.294 e. The summed E-state index contributed by atoms with van der Waals surface area (Å²) in [5, 5.41) is 34.5. The molecule has 1 aliphatic rings. The number of benzene rings is 1. The van der Waals surface area contributed by atoms with E-state index in [1.54, 1.807) is 18.2 Å². The molecule has 3 N–H and O–H groups in total. The number of para-hydroxylation sites is 1. The first-order valence-electron chi connectivity index (χ1n) is 10.1. The van der Waals surface area contributed by atoms with E-state index in [-0.39, 0.29) is 38.6 Å². The van der Waals surface area contributed by atoms with Crippen LogP contribution in [0, 0.1) is 21.4 Å². The zero-order chi connectivity index (χ0) is 23.7. The Morgan fingerprint density at radius 1 is 1.47 bits per heavy atom. The van der Waals surface area contributed by atoms with Crippen LogP contribution in [0.3, 0.4) is 0 Å². The lowest BCUT2D eigenvalue weighted by molar-refractivity contribution is -0.767. The smallest absolute Gasteiger partial charge is 0.294 e. The van der Waals surface area contributed by atoms with Crippen LogP contribution < -0.4 is 20.1 Å². The average Bonchev–Trinajstić information content (AvgIpc) is 2.73. The minimum absolute atomic E-state index is 0.0137. The second-order valence-electron chi connectivity index (χ2n) is 8.09. The number of carbonyl (C=O) groups is 1. The number of fused-ring (bicyclic) bond motifs is 1. The van der Waals surface area contributed by atoms with Gasteiger partial charge in [0.2, 0.25) is 5.91 Å². The molecule has 11 nitrogen and oxygen atoms in total. The van der Waals surface area contributed by atoms with E-state index in [4.69, 9.17) is 14.7 Å². The van der Waals surface area contributed by atoms with Crippen molar-refractivity contribution in [3.8, 4) is 17.6 Å². The SMILES string of the molecule is CC(CC(=O)NCC(C)(C)NCC(O)COc1cccc2c1OCC(C#N)=C2)O[N+](=O)[O-]. The number of nitrogens with zero attached hydrogens (tertiary/aromatic N) is 2. The number of carbonyl (C=O) groups excluding carboxylic acids is 1. The van der Waals surface area contributed by atoms with E-state index in [0.29, 0.717) is 17.1 Å². The van der Waals surface area contributed by atoms with Crippen molar-refractivity contribution in [3.63, 3.8) is 0 Å². The standard InChI is InChI=1S/C21H28N4O7/c1-14(32-25(28)29)7-19(27)23-13-21(2,3)24-10-17(26)12-30-18-6-4-5-16-8-15(9-22)11-31-20(16)18/h4-6,8,14,17,24,26H,7,10-13H2,1-3H3,(H,23,27). The first-order valence-corrected chi connectivity index (χ1v) is 10.1. The molecule has 0 saturated heterocycles. The predicted molar refractivity (Wildman–Crippen MR) is 114 cm³/mol. The first kappa shape index (κ1) is 24.9. The molecular weight excluding hydrogens is 420 g/mol. The number of ether oxygens (including phenoxy) is 2. The van der Waals surface area contributed by atoms with Crippen molar-refractivity contribution < 1.29 is 29.3 Å². The summed E-state index contributed by atoms with van der Waals surface area (Å²) >= 11 is 0. The van der Waals surface area contributed by atoms with Crippen LogP contribution in [-0.4, -0.2) is 60.2 Å². The fraction of sp³-hybridized carbons (Fsp3) is 0.524. The third-order valence-electron chi connectivity index (χ3n) is 4.57. The van der Waals surface area contributed by atoms with Crippen LogP contribution in [0.4, 0.5) is 0 Å². The van der Waals surface area contributed by atoms with Crippen LogP contribution in [0.2, 0.25) is 0 Å². The van der Waals surface area contributed by atoms with Gasteiger partial charge in [-0.25, -0.2) is 0 Å². The molecule has 0 bridgehead atoms. The molecule has 0 spiro atoms. The van der Waals surface area contributed by atoms with Gasteiger partial charge in [0.25, 0.3) is 5.09 Å². The van der Waals surface area contributed by atoms with Gasteiger partial charge in [0.15, 0.2) is 11.5 Å². The van der Waals surface area contributed by atoms with Crippen LogP contribution in [0.1, 0.15) is 32.8 Å². The highest BCUT2D eigenvalue weighted by Gasteiger charge is 2.22. The van der Waals surface area contributed by atoms with Crippen molar-refractivity contribution in [3.05, 3.63) is 39.4 Å². The molecule has 0 radical (unpaired) electrons. The van der Waals surface area contributed by atoms with Crippen LogP contribution in [0.15, 0.2) is 23.8 Å². The monoisotopic (exact) mass is 448 g/mol. The Hall–Kier alpha value is -3.36. The van der Waals surface area contributed by atoms with Crippen LogP contribution >= 0.6 is 0 Å². The van der Waals surface area contributed by atoms with E-state index >= 15 is 0 Å². The van der Waals surface area contributed by atoms with E-state index in [1.165, 1.54) is 6.92 Å². The van der Waals surface area contributed by atoms with Crippen molar-refractivity contribution in [2.24, 2.45) is 0 Å². The minimum atomic E-state index is -0.926. The second kappa shape index (κ2) is 11.3. The molecule has 1 heterocycles. The highest BCUT2D eigenvalue weighted by Crippen LogP contribution is 2.35. The lowest BCUT2D eigenvalue weighted by Crippen LogP contribution is -2.52. The molecule has 1 aromatic carbocycles. The van der Waals surface area contributed by atoms with Crippen molar-refractivity contribution in [1.82, 2.24) is 10.6 Å². The van der Waals surface area contributed by atoms with Gasteiger partial charge >= 0.3 is 0 Å². The van der Waals surface area contributed by atoms with E-state index in [0.717, 1.165) is 5.56 Å². The number of nitrogens with one attached hydrogen (secondary N) is 2. The van der Waals surface area contributed by atoms with Gasteiger partial charge in [-0.05, 0) is 32.9 Å². The summed E-state index contributed by atoms with van der Waals surface area (Å²) in [5.41, 5.74) is 0.720. The summed E-state index contributed by atoms with van der Waals surface area (Å²) in [5.74, 6) is 0.637. The highest BCUT2D eigenvalue weighted by molar-refractivity contribution is 5.76. The molecule has 174 valence electrons. The van der Waals surface area contributed by atoms with E-state index < -0.39 is 22.8 Å². The number of hydrogen-bond donors (Lipinski definition) is 3. The lowest BCUT2D eigenvalue weighted by atomic mass is 10.1. The summed E-state index contributed by atoms with van der Waals surface area (Å²) in [4.78, 5) is 26.5. The van der Waals surface area contributed by atoms with Crippen molar-refractivity contribution in [2.45, 2.75) is 44.9 Å². The van der Waals surface area contributed by atoms with Crippen molar-refractivity contribution >= 4 is 12.0 Å². The molecule has 11 heteroatoms. The number of hydrogen-bond acceptors (Lipinski definition) is 9. The lowest BCUT2D eigenvalue weighted by Gasteiger charge is -2.28. The largest absolute Gasteiger partial charge is 0.487 e. The van der Waals surface area contributed by atoms with Crippen LogP contribution in [0.25, 0.3) is 6.08 Å². The molecule has 2 unspecified atom stereocenters. The van der Waals surface area contributed by atoms with Gasteiger partial charge in [-0.1, -0.05) is 12.1 Å². The molecule has 1 aromatic rings. The Morgan fingerprint density at radius 3 is 2.91 bits per heavy atom. The Morgan fingerprint density at radius 2 is 2.22 bits per heavy atom. The van der Waals surface area contributed by atoms with Gasteiger partial charge in [-0.3, -0.25) is 4.79 Å². The van der Waals surface area contributed by atoms with Gasteiger partial charge < -0.3 is 30.1 Å². The topological polar surface area (TPSA) is 156 Å². The summed E-state index contributed by atoms with van der Waals surface area (Å²) in [6.07, 6.45) is -0.0647.